The molecule has 0 saturated carbocycles. The Kier molecular flexibility index (Phi) is 72.7. The Hall–Kier alpha value is -0.110. The van der Waals surface area contributed by atoms with Gasteiger partial charge in [0.05, 0.1) is 0 Å². The highest BCUT2D eigenvalue weighted by molar-refractivity contribution is 7.44. The van der Waals surface area contributed by atoms with Gasteiger partial charge in [-0.25, -0.2) is 0 Å². The summed E-state index contributed by atoms with van der Waals surface area (Å²) < 4.78 is 8.06. The second kappa shape index (κ2) is 41.0. The van der Waals surface area contributed by atoms with Crippen molar-refractivity contribution in [2.75, 3.05) is 0 Å². The van der Waals surface area contributed by atoms with Gasteiger partial charge in [-0.3, -0.25) is 4.21 Å². The third-order valence-electron chi connectivity index (χ3n) is 0. The average Bonchev–Trinajstić information content (AvgIpc) is 1.46. The minimum atomic E-state index is 1.72. The molecule has 2 heteroatoms. The van der Waals surface area contributed by atoms with Crippen LogP contribution in [0, 0.1) is 0 Å². The smallest absolute Gasteiger partial charge is 0.00591 e. The zero-order valence-electron chi connectivity index (χ0n) is 3.19. The molecule has 0 aliphatic carbocycles. The van der Waals surface area contributed by atoms with Crippen LogP contribution in [0.2, 0.25) is 0 Å². The number of hydrogen-bond acceptors (Lipinski definition) is 1. The fraction of sp³-hybridized carbons (Fsp3) is 0.333. The molecule has 0 unspecified atom stereocenters. The first kappa shape index (κ1) is 8.86. The molecule has 0 aromatic rings. The molecule has 0 bridgehead atoms. The van der Waals surface area contributed by atoms with E-state index >= 15 is 0 Å². The van der Waals surface area contributed by atoms with E-state index < -0.39 is 0 Å². The van der Waals surface area contributed by atoms with Gasteiger partial charge in [-0.1, -0.05) is 6.08 Å². The molecule has 0 aromatic carbocycles. The Morgan fingerprint density at radius 3 is 1.80 bits per heavy atom. The summed E-state index contributed by atoms with van der Waals surface area (Å²) in [7, 11) is 0. The Balaban J connectivity index is 0. The lowest BCUT2D eigenvalue weighted by molar-refractivity contribution is 0.702. The molecule has 32 valence electrons. The quantitative estimate of drug-likeness (QED) is 0.393. The highest BCUT2D eigenvalue weighted by atomic mass is 32.1. The minimum absolute atomic E-state index is 1.72. The van der Waals surface area contributed by atoms with Crippen molar-refractivity contribution in [3.8, 4) is 0 Å². The van der Waals surface area contributed by atoms with Gasteiger partial charge >= 0.3 is 0 Å². The van der Waals surface area contributed by atoms with Crippen LogP contribution < -0.4 is 0 Å². The third-order valence-corrected chi connectivity index (χ3v) is 0. The minimum Gasteiger partial charge on any atom is -0.266 e. The summed E-state index contributed by atoms with van der Waals surface area (Å²) in [5.41, 5.74) is 0. The van der Waals surface area contributed by atoms with E-state index in [4.69, 9.17) is 4.21 Å². The van der Waals surface area contributed by atoms with Crippen LogP contribution in [0.4, 0.5) is 0 Å². The van der Waals surface area contributed by atoms with E-state index in [1.54, 1.807) is 18.6 Å². The molecule has 5 heavy (non-hydrogen) atoms. The molecular weight excluding hydrogens is 84.1 g/mol. The molecule has 0 aliphatic rings. The average molecular weight is 92.2 g/mol. The Labute approximate surface area is 37.2 Å². The van der Waals surface area contributed by atoms with E-state index in [2.05, 4.69) is 6.58 Å². The van der Waals surface area contributed by atoms with Gasteiger partial charge < -0.3 is 0 Å². The van der Waals surface area contributed by atoms with Gasteiger partial charge in [0.2, 0.25) is 0 Å². The van der Waals surface area contributed by atoms with Crippen molar-refractivity contribution >= 4 is 12.5 Å². The van der Waals surface area contributed by atoms with Gasteiger partial charge in [-0.2, -0.15) is 0 Å². The zero-order valence-corrected chi connectivity index (χ0v) is 4.19. The molecule has 0 fully saturated rings. The summed E-state index contributed by atoms with van der Waals surface area (Å²) in [5.74, 6) is 0. The number of allylic oxidation sites excluding steroid dienone is 1. The van der Waals surface area contributed by atoms with Crippen LogP contribution in [-0.2, 0) is 12.5 Å². The van der Waals surface area contributed by atoms with Crippen LogP contribution in [0.25, 0.3) is 0 Å². The van der Waals surface area contributed by atoms with Crippen molar-refractivity contribution in [1.29, 1.82) is 0 Å². The van der Waals surface area contributed by atoms with Crippen molar-refractivity contribution in [1.82, 2.24) is 0 Å². The lowest BCUT2D eigenvalue weighted by Gasteiger charge is -1.31. The lowest BCUT2D eigenvalue weighted by atomic mass is 10.8. The summed E-state index contributed by atoms with van der Waals surface area (Å²) in [6, 6.07) is 0. The monoisotopic (exact) mass is 92.0 g/mol. The SMILES string of the molecule is C=CC.O=[SH2]. The van der Waals surface area contributed by atoms with Crippen LogP contribution in [0.1, 0.15) is 6.92 Å². The molecular formula is C3H8OS. The first-order chi connectivity index (χ1) is 2.41. The highest BCUT2D eigenvalue weighted by Crippen LogP contribution is 1.38. The molecule has 0 rings (SSSR count). The van der Waals surface area contributed by atoms with Gasteiger partial charge in [-0.05, 0) is 19.5 Å². The van der Waals surface area contributed by atoms with Crippen LogP contribution in [0.15, 0.2) is 12.7 Å². The van der Waals surface area contributed by atoms with Crippen molar-refractivity contribution in [2.24, 2.45) is 0 Å². The summed E-state index contributed by atoms with van der Waals surface area (Å²) in [5, 5.41) is 0. The van der Waals surface area contributed by atoms with Crippen LogP contribution in [0.3, 0.4) is 0 Å². The summed E-state index contributed by atoms with van der Waals surface area (Å²) in [6.45, 7) is 5.25. The van der Waals surface area contributed by atoms with E-state index in [9.17, 15) is 0 Å². The van der Waals surface area contributed by atoms with Gasteiger partial charge in [0, 0.05) is 0 Å². The van der Waals surface area contributed by atoms with Crippen LogP contribution >= 0.6 is 0 Å². The first-order valence-electron chi connectivity index (χ1n) is 1.19. The normalized spacial score (nSPS) is 3.60. The topological polar surface area (TPSA) is 17.1 Å². The van der Waals surface area contributed by atoms with Crippen molar-refractivity contribution in [2.45, 2.75) is 6.92 Å². The van der Waals surface area contributed by atoms with Gasteiger partial charge in [0.15, 0.2) is 0 Å². The maximum atomic E-state index is 8.06. The Morgan fingerprint density at radius 1 is 1.80 bits per heavy atom. The van der Waals surface area contributed by atoms with Crippen molar-refractivity contribution in [3.05, 3.63) is 12.7 Å². The van der Waals surface area contributed by atoms with Crippen LogP contribution in [0.5, 0.6) is 0 Å². The second-order valence-corrected chi connectivity index (χ2v) is 0.408. The van der Waals surface area contributed by atoms with E-state index in [1.807, 2.05) is 6.92 Å². The molecule has 1 nitrogen and oxygen atoms in total. The molecule has 0 atom stereocenters. The summed E-state index contributed by atoms with van der Waals surface area (Å²) in [4.78, 5) is 0. The van der Waals surface area contributed by atoms with Gasteiger partial charge in [0.1, 0.15) is 0 Å². The lowest BCUT2D eigenvalue weighted by Crippen LogP contribution is -1.07. The number of rotatable bonds is 0. The summed E-state index contributed by atoms with van der Waals surface area (Å²) in [6.07, 6.45) is 1.75. The molecule has 0 saturated heterocycles. The molecule has 0 amide bonds. The molecule has 0 spiro atoms. The van der Waals surface area contributed by atoms with Gasteiger partial charge in [-0.15, -0.1) is 6.58 Å². The number of hydrogen-bond donors (Lipinski definition) is 0. The molecule has 0 radical (unpaired) electrons. The molecule has 0 N–H and O–H groups in total. The van der Waals surface area contributed by atoms with Crippen LogP contribution in [-0.4, -0.2) is 4.21 Å². The molecule has 0 aromatic heterocycles. The van der Waals surface area contributed by atoms with E-state index in [0.29, 0.717) is 0 Å². The Morgan fingerprint density at radius 2 is 1.80 bits per heavy atom. The zero-order chi connectivity index (χ0) is 4.71. The predicted octanol–water partition coefficient (Wildman–Crippen LogP) is 0.321. The van der Waals surface area contributed by atoms with Crippen molar-refractivity contribution < 1.29 is 4.21 Å². The van der Waals surface area contributed by atoms with E-state index in [-0.39, 0.29) is 0 Å². The maximum absolute atomic E-state index is 8.06. The molecule has 0 aliphatic heterocycles. The maximum Gasteiger partial charge on any atom is -0.00591 e. The second-order valence-electron chi connectivity index (χ2n) is 0.408. The molecule has 0 heterocycles. The Bertz CT molecular complexity index is 20.9. The fourth-order valence-electron chi connectivity index (χ4n) is 0. The largest absolute Gasteiger partial charge is 0.266 e. The van der Waals surface area contributed by atoms with E-state index in [1.165, 1.54) is 0 Å². The fourth-order valence-corrected chi connectivity index (χ4v) is 0. The predicted molar refractivity (Wildman–Crippen MR) is 26.8 cm³/mol. The highest BCUT2D eigenvalue weighted by Gasteiger charge is 1.15. The van der Waals surface area contributed by atoms with E-state index in [0.717, 1.165) is 0 Å². The van der Waals surface area contributed by atoms with Gasteiger partial charge in [0.25, 0.3) is 0 Å². The first-order valence-corrected chi connectivity index (χ1v) is 1.60. The summed E-state index contributed by atoms with van der Waals surface area (Å²) >= 11 is 1.72. The van der Waals surface area contributed by atoms with Crippen molar-refractivity contribution in [3.63, 3.8) is 0 Å². The third kappa shape index (κ3) is 1150. The standard InChI is InChI=1S/C3H6.H2OS/c1-3-2;1-2/h3H,1H2,2H3;2H2.